The molecule has 2 rings (SSSR count). The number of aliphatic hydroxyl groups excluding tert-OH is 1. The van der Waals surface area contributed by atoms with E-state index in [0.717, 1.165) is 26.1 Å². The Labute approximate surface area is 73.5 Å². The van der Waals surface area contributed by atoms with Gasteiger partial charge in [0.1, 0.15) is 0 Å². The van der Waals surface area contributed by atoms with Gasteiger partial charge in [0.15, 0.2) is 0 Å². The summed E-state index contributed by atoms with van der Waals surface area (Å²) in [5, 5.41) is 16.4. The largest absolute Gasteiger partial charge is 0.391 e. The fourth-order valence-corrected chi connectivity index (χ4v) is 2.38. The lowest BCUT2D eigenvalue weighted by atomic mass is 9.89. The molecule has 0 saturated carbocycles. The zero-order valence-corrected chi connectivity index (χ0v) is 7.42. The van der Waals surface area contributed by atoms with E-state index < -0.39 is 0 Å². The topological polar surface area (TPSA) is 44.3 Å². The average Bonchev–Trinajstić information content (AvgIpc) is 2.53. The summed E-state index contributed by atoms with van der Waals surface area (Å²) in [7, 11) is 0. The average molecular weight is 170 g/mol. The van der Waals surface area contributed by atoms with E-state index in [1.807, 2.05) is 0 Å². The van der Waals surface area contributed by atoms with Crippen molar-refractivity contribution in [3.63, 3.8) is 0 Å². The van der Waals surface area contributed by atoms with Gasteiger partial charge >= 0.3 is 0 Å². The van der Waals surface area contributed by atoms with Gasteiger partial charge in [-0.25, -0.2) is 0 Å². The minimum atomic E-state index is -0.102. The molecule has 3 atom stereocenters. The van der Waals surface area contributed by atoms with E-state index in [1.54, 1.807) is 0 Å². The van der Waals surface area contributed by atoms with Crippen LogP contribution in [0.1, 0.15) is 19.3 Å². The lowest BCUT2D eigenvalue weighted by Gasteiger charge is -2.30. The fraction of sp³-hybridized carbons (Fsp3) is 1.00. The molecule has 3 nitrogen and oxygen atoms in total. The number of piperidine rings is 1. The zero-order chi connectivity index (χ0) is 8.39. The summed E-state index contributed by atoms with van der Waals surface area (Å²) in [6.07, 6.45) is 3.35. The quantitative estimate of drug-likeness (QED) is 0.506. The van der Waals surface area contributed by atoms with Gasteiger partial charge in [-0.1, -0.05) is 0 Å². The molecule has 2 aliphatic rings. The summed E-state index contributed by atoms with van der Waals surface area (Å²) in [6, 6.07) is 0.359. The second-order valence-electron chi connectivity index (χ2n) is 3.94. The van der Waals surface area contributed by atoms with E-state index in [9.17, 15) is 5.11 Å². The van der Waals surface area contributed by atoms with Gasteiger partial charge in [0.05, 0.1) is 6.10 Å². The molecule has 2 aliphatic heterocycles. The first-order chi connectivity index (χ1) is 5.88. The van der Waals surface area contributed by atoms with Gasteiger partial charge in [0.2, 0.25) is 0 Å². The molecule has 0 amide bonds. The van der Waals surface area contributed by atoms with E-state index in [-0.39, 0.29) is 6.10 Å². The molecule has 2 heterocycles. The zero-order valence-electron chi connectivity index (χ0n) is 7.42. The van der Waals surface area contributed by atoms with Gasteiger partial charge in [-0.15, -0.1) is 0 Å². The van der Waals surface area contributed by atoms with Crippen LogP contribution in [0.3, 0.4) is 0 Å². The smallest absolute Gasteiger partial charge is 0.0708 e. The Morgan fingerprint density at radius 2 is 2.08 bits per heavy atom. The van der Waals surface area contributed by atoms with Crippen LogP contribution in [-0.2, 0) is 0 Å². The monoisotopic (exact) mass is 170 g/mol. The molecule has 0 spiro atoms. The van der Waals surface area contributed by atoms with Gasteiger partial charge < -0.3 is 15.7 Å². The molecule has 70 valence electrons. The molecule has 2 saturated heterocycles. The standard InChI is InChI=1S/C9H18N2O/c12-8-3-5-11-9(8)7-2-1-4-10-6-7/h7-12H,1-6H2. The Hall–Kier alpha value is -0.120. The van der Waals surface area contributed by atoms with Gasteiger partial charge in [-0.2, -0.15) is 0 Å². The van der Waals surface area contributed by atoms with Gasteiger partial charge in [-0.05, 0) is 44.8 Å². The molecule has 0 aromatic heterocycles. The van der Waals surface area contributed by atoms with E-state index in [1.165, 1.54) is 12.8 Å². The molecule has 3 heteroatoms. The molecule has 0 bridgehead atoms. The molecule has 0 aromatic rings. The van der Waals surface area contributed by atoms with Crippen LogP contribution in [0, 0.1) is 5.92 Å². The Morgan fingerprint density at radius 1 is 1.17 bits per heavy atom. The molecular formula is C9H18N2O. The van der Waals surface area contributed by atoms with Gasteiger partial charge in [-0.3, -0.25) is 0 Å². The first kappa shape index (κ1) is 8.48. The summed E-state index contributed by atoms with van der Waals surface area (Å²) in [6.45, 7) is 3.22. The van der Waals surface area contributed by atoms with Crippen LogP contribution in [0.5, 0.6) is 0 Å². The molecule has 0 radical (unpaired) electrons. The van der Waals surface area contributed by atoms with Crippen LogP contribution < -0.4 is 10.6 Å². The number of rotatable bonds is 1. The van der Waals surface area contributed by atoms with Crippen molar-refractivity contribution < 1.29 is 5.11 Å². The highest BCUT2D eigenvalue weighted by atomic mass is 16.3. The number of aliphatic hydroxyl groups is 1. The Balaban J connectivity index is 1.89. The van der Waals surface area contributed by atoms with Crippen molar-refractivity contribution in [3.05, 3.63) is 0 Å². The van der Waals surface area contributed by atoms with Crippen molar-refractivity contribution in [2.75, 3.05) is 19.6 Å². The van der Waals surface area contributed by atoms with Crippen molar-refractivity contribution in [1.29, 1.82) is 0 Å². The van der Waals surface area contributed by atoms with E-state index in [0.29, 0.717) is 12.0 Å². The Bertz CT molecular complexity index is 145. The van der Waals surface area contributed by atoms with Gasteiger partial charge in [0, 0.05) is 6.04 Å². The molecule has 0 aromatic carbocycles. The lowest BCUT2D eigenvalue weighted by Crippen LogP contribution is -2.45. The van der Waals surface area contributed by atoms with Crippen LogP contribution in [0.25, 0.3) is 0 Å². The van der Waals surface area contributed by atoms with Gasteiger partial charge in [0.25, 0.3) is 0 Å². The molecule has 0 aliphatic carbocycles. The van der Waals surface area contributed by atoms with Crippen LogP contribution in [0.4, 0.5) is 0 Å². The summed E-state index contributed by atoms with van der Waals surface area (Å²) in [5.41, 5.74) is 0. The first-order valence-corrected chi connectivity index (χ1v) is 5.00. The highest BCUT2D eigenvalue weighted by Gasteiger charge is 2.32. The van der Waals surface area contributed by atoms with E-state index in [4.69, 9.17) is 0 Å². The molecule has 3 N–H and O–H groups in total. The Kier molecular flexibility index (Phi) is 2.63. The molecule has 3 unspecified atom stereocenters. The van der Waals surface area contributed by atoms with Crippen LogP contribution in [0.15, 0.2) is 0 Å². The van der Waals surface area contributed by atoms with E-state index in [2.05, 4.69) is 10.6 Å². The molecule has 12 heavy (non-hydrogen) atoms. The molecule has 2 fully saturated rings. The first-order valence-electron chi connectivity index (χ1n) is 5.00. The summed E-state index contributed by atoms with van der Waals surface area (Å²) in [4.78, 5) is 0. The summed E-state index contributed by atoms with van der Waals surface area (Å²) < 4.78 is 0. The summed E-state index contributed by atoms with van der Waals surface area (Å²) >= 11 is 0. The minimum absolute atomic E-state index is 0.102. The van der Waals surface area contributed by atoms with Crippen molar-refractivity contribution in [2.24, 2.45) is 5.92 Å². The highest BCUT2D eigenvalue weighted by Crippen LogP contribution is 2.21. The maximum Gasteiger partial charge on any atom is 0.0708 e. The Morgan fingerprint density at radius 3 is 2.67 bits per heavy atom. The SMILES string of the molecule is OC1CCNC1C1CCCNC1. The summed E-state index contributed by atoms with van der Waals surface area (Å²) in [5.74, 6) is 0.649. The third-order valence-electron chi connectivity index (χ3n) is 3.08. The van der Waals surface area contributed by atoms with Crippen molar-refractivity contribution in [3.8, 4) is 0 Å². The second-order valence-corrected chi connectivity index (χ2v) is 3.94. The number of hydrogen-bond acceptors (Lipinski definition) is 3. The lowest BCUT2D eigenvalue weighted by molar-refractivity contribution is 0.121. The normalized spacial score (nSPS) is 43.2. The van der Waals surface area contributed by atoms with Crippen molar-refractivity contribution >= 4 is 0 Å². The van der Waals surface area contributed by atoms with Crippen LogP contribution in [0.2, 0.25) is 0 Å². The van der Waals surface area contributed by atoms with Crippen LogP contribution >= 0.6 is 0 Å². The maximum atomic E-state index is 9.65. The van der Waals surface area contributed by atoms with E-state index >= 15 is 0 Å². The fourth-order valence-electron chi connectivity index (χ4n) is 2.38. The predicted octanol–water partition coefficient (Wildman–Crippen LogP) is -0.291. The highest BCUT2D eigenvalue weighted by molar-refractivity contribution is 4.90. The number of nitrogens with one attached hydrogen (secondary N) is 2. The number of hydrogen-bond donors (Lipinski definition) is 3. The van der Waals surface area contributed by atoms with Crippen molar-refractivity contribution in [2.45, 2.75) is 31.4 Å². The van der Waals surface area contributed by atoms with Crippen molar-refractivity contribution in [1.82, 2.24) is 10.6 Å². The van der Waals surface area contributed by atoms with Crippen LogP contribution in [-0.4, -0.2) is 36.9 Å². The maximum absolute atomic E-state index is 9.65. The second kappa shape index (κ2) is 3.73. The minimum Gasteiger partial charge on any atom is -0.391 e. The predicted molar refractivity (Wildman–Crippen MR) is 48.0 cm³/mol. The third-order valence-corrected chi connectivity index (χ3v) is 3.08. The third kappa shape index (κ3) is 1.63. The molecular weight excluding hydrogens is 152 g/mol.